The zero-order valence-corrected chi connectivity index (χ0v) is 11.7. The highest BCUT2D eigenvalue weighted by Crippen LogP contribution is 2.44. The van der Waals surface area contributed by atoms with Crippen molar-refractivity contribution in [1.82, 2.24) is 0 Å². The SMILES string of the molecule is CC(CC(=O)O)CC(F)(F)c1cc(Cl)cc2c1OCC2. The summed E-state index contributed by atoms with van der Waals surface area (Å²) in [6, 6.07) is 2.84. The van der Waals surface area contributed by atoms with Gasteiger partial charge >= 0.3 is 5.97 Å². The maximum absolute atomic E-state index is 14.4. The predicted octanol–water partition coefficient (Wildman–Crippen LogP) is 3.87. The lowest BCUT2D eigenvalue weighted by atomic mass is 9.93. The van der Waals surface area contributed by atoms with Crippen LogP contribution in [0, 0.1) is 5.92 Å². The number of hydrogen-bond donors (Lipinski definition) is 1. The van der Waals surface area contributed by atoms with Gasteiger partial charge in [-0.25, -0.2) is 8.78 Å². The third kappa shape index (κ3) is 3.20. The third-order valence-electron chi connectivity index (χ3n) is 3.27. The Labute approximate surface area is 120 Å². The minimum absolute atomic E-state index is 0.196. The summed E-state index contributed by atoms with van der Waals surface area (Å²) in [5.74, 6) is -4.69. The summed E-state index contributed by atoms with van der Waals surface area (Å²) in [6.45, 7) is 1.86. The van der Waals surface area contributed by atoms with E-state index < -0.39 is 24.2 Å². The first-order valence-electron chi connectivity index (χ1n) is 6.35. The van der Waals surface area contributed by atoms with Crippen LogP contribution in [0.2, 0.25) is 5.02 Å². The van der Waals surface area contributed by atoms with Gasteiger partial charge in [0.25, 0.3) is 5.92 Å². The highest BCUT2D eigenvalue weighted by molar-refractivity contribution is 6.30. The lowest BCUT2D eigenvalue weighted by molar-refractivity contribution is -0.138. The van der Waals surface area contributed by atoms with Crippen LogP contribution in [0.5, 0.6) is 5.75 Å². The molecular formula is C14H15ClF2O3. The van der Waals surface area contributed by atoms with E-state index in [-0.39, 0.29) is 22.8 Å². The maximum atomic E-state index is 14.4. The molecule has 3 nitrogen and oxygen atoms in total. The molecule has 1 aromatic carbocycles. The van der Waals surface area contributed by atoms with Crippen LogP contribution in [0.4, 0.5) is 8.78 Å². The van der Waals surface area contributed by atoms with Crippen molar-refractivity contribution >= 4 is 17.6 Å². The molecule has 2 rings (SSSR count). The zero-order valence-electron chi connectivity index (χ0n) is 11.0. The molecule has 0 fully saturated rings. The molecule has 0 aliphatic carbocycles. The van der Waals surface area contributed by atoms with E-state index in [1.165, 1.54) is 13.0 Å². The smallest absolute Gasteiger partial charge is 0.303 e. The predicted molar refractivity (Wildman–Crippen MR) is 70.6 cm³/mol. The van der Waals surface area contributed by atoms with Gasteiger partial charge in [-0.05, 0) is 23.6 Å². The number of alkyl halides is 2. The number of benzene rings is 1. The van der Waals surface area contributed by atoms with E-state index in [2.05, 4.69) is 0 Å². The normalized spacial score (nSPS) is 15.6. The molecule has 6 heteroatoms. The average Bonchev–Trinajstić information content (AvgIpc) is 2.73. The molecule has 0 aromatic heterocycles. The second-order valence-corrected chi connectivity index (χ2v) is 5.59. The number of aliphatic carboxylic acids is 1. The maximum Gasteiger partial charge on any atom is 0.303 e. The molecule has 0 spiro atoms. The fourth-order valence-corrected chi connectivity index (χ4v) is 2.70. The molecular weight excluding hydrogens is 290 g/mol. The van der Waals surface area contributed by atoms with E-state index >= 15 is 0 Å². The molecule has 0 bridgehead atoms. The standard InChI is InChI=1S/C14H15ClF2O3/c1-8(4-12(18)19)7-14(16,17)11-6-10(15)5-9-2-3-20-13(9)11/h5-6,8H,2-4,7H2,1H3,(H,18,19). The van der Waals surface area contributed by atoms with Crippen molar-refractivity contribution in [3.63, 3.8) is 0 Å². The molecule has 1 N–H and O–H groups in total. The Bertz CT molecular complexity index is 531. The molecule has 1 aliphatic rings. The largest absolute Gasteiger partial charge is 0.492 e. The van der Waals surface area contributed by atoms with Crippen LogP contribution in [0.1, 0.15) is 30.9 Å². The molecule has 1 atom stereocenters. The Balaban J connectivity index is 2.27. The molecule has 1 aliphatic heterocycles. The minimum Gasteiger partial charge on any atom is -0.492 e. The van der Waals surface area contributed by atoms with Crippen molar-refractivity contribution in [1.29, 1.82) is 0 Å². The Morgan fingerprint density at radius 2 is 2.25 bits per heavy atom. The van der Waals surface area contributed by atoms with Gasteiger partial charge < -0.3 is 9.84 Å². The molecule has 0 saturated carbocycles. The highest BCUT2D eigenvalue weighted by Gasteiger charge is 2.39. The number of hydrogen-bond acceptors (Lipinski definition) is 2. The van der Waals surface area contributed by atoms with Gasteiger partial charge in [-0.15, -0.1) is 0 Å². The molecule has 0 saturated heterocycles. The molecule has 1 heterocycles. The van der Waals surface area contributed by atoms with Gasteiger partial charge in [-0.2, -0.15) is 0 Å². The van der Waals surface area contributed by atoms with Gasteiger partial charge in [0.2, 0.25) is 0 Å². The fraction of sp³-hybridized carbons (Fsp3) is 0.500. The zero-order chi connectivity index (χ0) is 14.9. The summed E-state index contributed by atoms with van der Waals surface area (Å²) < 4.78 is 34.0. The number of rotatable bonds is 5. The van der Waals surface area contributed by atoms with Gasteiger partial charge in [0.1, 0.15) is 5.75 Å². The van der Waals surface area contributed by atoms with E-state index in [1.54, 1.807) is 6.07 Å². The Morgan fingerprint density at radius 1 is 1.55 bits per heavy atom. The van der Waals surface area contributed by atoms with E-state index in [9.17, 15) is 13.6 Å². The summed E-state index contributed by atoms with van der Waals surface area (Å²) in [4.78, 5) is 10.6. The molecule has 20 heavy (non-hydrogen) atoms. The monoisotopic (exact) mass is 304 g/mol. The topological polar surface area (TPSA) is 46.5 Å². The van der Waals surface area contributed by atoms with Gasteiger partial charge in [-0.3, -0.25) is 4.79 Å². The number of carbonyl (C=O) groups is 1. The van der Waals surface area contributed by atoms with Crippen LogP contribution in [0.3, 0.4) is 0 Å². The van der Waals surface area contributed by atoms with E-state index in [0.717, 1.165) is 0 Å². The first kappa shape index (κ1) is 15.0. The Kier molecular flexibility index (Phi) is 4.18. The summed E-state index contributed by atoms with van der Waals surface area (Å²) in [5, 5.41) is 8.90. The second kappa shape index (κ2) is 5.56. The lowest BCUT2D eigenvalue weighted by Crippen LogP contribution is -2.20. The quantitative estimate of drug-likeness (QED) is 0.898. The van der Waals surface area contributed by atoms with Gasteiger partial charge in [0.05, 0.1) is 12.2 Å². The number of carboxylic acid groups (broad SMARTS) is 1. The third-order valence-corrected chi connectivity index (χ3v) is 3.49. The summed E-state index contributed by atoms with van der Waals surface area (Å²) in [7, 11) is 0. The second-order valence-electron chi connectivity index (χ2n) is 5.15. The number of ether oxygens (including phenoxy) is 1. The van der Waals surface area contributed by atoms with Crippen molar-refractivity contribution in [2.45, 2.75) is 32.1 Å². The summed E-state index contributed by atoms with van der Waals surface area (Å²) in [5.41, 5.74) is 0.438. The average molecular weight is 305 g/mol. The molecule has 1 unspecified atom stereocenters. The lowest BCUT2D eigenvalue weighted by Gasteiger charge is -2.22. The number of fused-ring (bicyclic) bond motifs is 1. The molecule has 0 radical (unpaired) electrons. The van der Waals surface area contributed by atoms with Crippen molar-refractivity contribution in [3.05, 3.63) is 28.3 Å². The van der Waals surface area contributed by atoms with Gasteiger partial charge in [0.15, 0.2) is 0 Å². The van der Waals surface area contributed by atoms with Crippen molar-refractivity contribution in [2.75, 3.05) is 6.61 Å². The Hall–Kier alpha value is -1.36. The molecule has 1 aromatic rings. The van der Waals surface area contributed by atoms with Crippen molar-refractivity contribution in [2.24, 2.45) is 5.92 Å². The number of halogens is 3. The molecule has 110 valence electrons. The van der Waals surface area contributed by atoms with Crippen LogP contribution in [0.25, 0.3) is 0 Å². The van der Waals surface area contributed by atoms with Crippen LogP contribution in [-0.4, -0.2) is 17.7 Å². The minimum atomic E-state index is -3.16. The fourth-order valence-electron chi connectivity index (χ4n) is 2.46. The van der Waals surface area contributed by atoms with E-state index in [0.29, 0.717) is 18.6 Å². The van der Waals surface area contributed by atoms with Crippen molar-refractivity contribution < 1.29 is 23.4 Å². The van der Waals surface area contributed by atoms with E-state index in [1.807, 2.05) is 0 Å². The van der Waals surface area contributed by atoms with Crippen molar-refractivity contribution in [3.8, 4) is 5.75 Å². The first-order valence-corrected chi connectivity index (χ1v) is 6.72. The van der Waals surface area contributed by atoms with Crippen LogP contribution in [0.15, 0.2) is 12.1 Å². The van der Waals surface area contributed by atoms with Gasteiger partial charge in [-0.1, -0.05) is 18.5 Å². The Morgan fingerprint density at radius 3 is 2.90 bits per heavy atom. The van der Waals surface area contributed by atoms with E-state index in [4.69, 9.17) is 21.4 Å². The molecule has 0 amide bonds. The highest BCUT2D eigenvalue weighted by atomic mass is 35.5. The van der Waals surface area contributed by atoms with Gasteiger partial charge in [0, 0.05) is 24.3 Å². The first-order chi connectivity index (χ1) is 9.29. The number of carboxylic acids is 1. The van der Waals surface area contributed by atoms with Crippen LogP contribution in [-0.2, 0) is 17.1 Å². The summed E-state index contributed by atoms with van der Waals surface area (Å²) in [6.07, 6.45) is -0.279. The summed E-state index contributed by atoms with van der Waals surface area (Å²) >= 11 is 5.87. The van der Waals surface area contributed by atoms with Crippen LogP contribution < -0.4 is 4.74 Å². The van der Waals surface area contributed by atoms with Crippen LogP contribution >= 0.6 is 11.6 Å².